The highest BCUT2D eigenvalue weighted by molar-refractivity contribution is 5.80. The lowest BCUT2D eigenvalue weighted by molar-refractivity contribution is -0.122. The maximum Gasteiger partial charge on any atom is 0.220 e. The Balaban J connectivity index is 1.53. The SMILES string of the molecule is C[C@H]1CCCC[C@H]1NC(=O)CCc1ccc2[nH]ccc2c1. The van der Waals surface area contributed by atoms with Gasteiger partial charge in [-0.1, -0.05) is 25.8 Å². The fraction of sp³-hybridized carbons (Fsp3) is 0.500. The van der Waals surface area contributed by atoms with Crippen LogP contribution in [0, 0.1) is 5.92 Å². The maximum atomic E-state index is 12.1. The van der Waals surface area contributed by atoms with E-state index in [0.717, 1.165) is 18.4 Å². The van der Waals surface area contributed by atoms with E-state index in [1.807, 2.05) is 6.20 Å². The second-order valence-corrected chi connectivity index (χ2v) is 6.34. The van der Waals surface area contributed by atoms with Gasteiger partial charge in [0, 0.05) is 24.2 Å². The summed E-state index contributed by atoms with van der Waals surface area (Å²) < 4.78 is 0. The molecular formula is C18H24N2O. The molecule has 1 heterocycles. The lowest BCUT2D eigenvalue weighted by atomic mass is 9.86. The molecule has 1 aliphatic carbocycles. The van der Waals surface area contributed by atoms with Gasteiger partial charge in [-0.3, -0.25) is 4.79 Å². The van der Waals surface area contributed by atoms with Crippen molar-refractivity contribution in [2.75, 3.05) is 0 Å². The second kappa shape index (κ2) is 6.33. The van der Waals surface area contributed by atoms with Crippen molar-refractivity contribution in [2.45, 2.75) is 51.5 Å². The van der Waals surface area contributed by atoms with Gasteiger partial charge in [-0.15, -0.1) is 0 Å². The maximum absolute atomic E-state index is 12.1. The van der Waals surface area contributed by atoms with Crippen molar-refractivity contribution < 1.29 is 4.79 Å². The summed E-state index contributed by atoms with van der Waals surface area (Å²) in [5, 5.41) is 4.44. The highest BCUT2D eigenvalue weighted by atomic mass is 16.1. The van der Waals surface area contributed by atoms with Gasteiger partial charge in [0.1, 0.15) is 0 Å². The Kier molecular flexibility index (Phi) is 4.28. The number of fused-ring (bicyclic) bond motifs is 1. The third-order valence-corrected chi connectivity index (χ3v) is 4.72. The average Bonchev–Trinajstić information content (AvgIpc) is 2.95. The standard InChI is InChI=1S/C18H24N2O/c1-13-4-2-3-5-16(13)20-18(21)9-7-14-6-8-17-15(12-14)10-11-19-17/h6,8,10-13,16,19H,2-5,7,9H2,1H3,(H,20,21)/t13-,16+/m0/s1. The molecule has 2 N–H and O–H groups in total. The Bertz CT molecular complexity index is 616. The van der Waals surface area contributed by atoms with Crippen molar-refractivity contribution in [3.8, 4) is 0 Å². The normalized spacial score (nSPS) is 22.3. The third-order valence-electron chi connectivity index (χ3n) is 4.72. The molecule has 2 aromatic rings. The number of amides is 1. The smallest absolute Gasteiger partial charge is 0.220 e. The van der Waals surface area contributed by atoms with E-state index >= 15 is 0 Å². The topological polar surface area (TPSA) is 44.9 Å². The first kappa shape index (κ1) is 14.2. The fourth-order valence-electron chi connectivity index (χ4n) is 3.33. The molecular weight excluding hydrogens is 260 g/mol. The molecule has 0 aliphatic heterocycles. The van der Waals surface area contributed by atoms with Crippen molar-refractivity contribution in [3.05, 3.63) is 36.0 Å². The number of aryl methyl sites for hydroxylation is 1. The highest BCUT2D eigenvalue weighted by Gasteiger charge is 2.22. The number of nitrogens with one attached hydrogen (secondary N) is 2. The predicted octanol–water partition coefficient (Wildman–Crippen LogP) is 3.80. The van der Waals surface area contributed by atoms with E-state index in [1.165, 1.54) is 30.2 Å². The third kappa shape index (κ3) is 3.46. The first-order valence-electron chi connectivity index (χ1n) is 8.08. The van der Waals surface area contributed by atoms with Gasteiger partial charge >= 0.3 is 0 Å². The quantitative estimate of drug-likeness (QED) is 0.881. The van der Waals surface area contributed by atoms with Crippen LogP contribution in [-0.4, -0.2) is 16.9 Å². The van der Waals surface area contributed by atoms with Crippen LogP contribution in [0.25, 0.3) is 10.9 Å². The zero-order valence-corrected chi connectivity index (χ0v) is 12.7. The summed E-state index contributed by atoms with van der Waals surface area (Å²) in [5.41, 5.74) is 2.38. The van der Waals surface area contributed by atoms with Gasteiger partial charge in [0.05, 0.1) is 0 Å². The molecule has 1 fully saturated rings. The summed E-state index contributed by atoms with van der Waals surface area (Å²) in [4.78, 5) is 15.3. The van der Waals surface area contributed by atoms with Crippen molar-refractivity contribution in [1.82, 2.24) is 10.3 Å². The number of carbonyl (C=O) groups excluding carboxylic acids is 1. The van der Waals surface area contributed by atoms with Crippen LogP contribution in [0.4, 0.5) is 0 Å². The first-order chi connectivity index (χ1) is 10.2. The van der Waals surface area contributed by atoms with Crippen LogP contribution in [0.3, 0.4) is 0 Å². The van der Waals surface area contributed by atoms with Crippen molar-refractivity contribution in [2.24, 2.45) is 5.92 Å². The second-order valence-electron chi connectivity index (χ2n) is 6.34. The zero-order chi connectivity index (χ0) is 14.7. The Labute approximate surface area is 126 Å². The van der Waals surface area contributed by atoms with E-state index in [9.17, 15) is 4.79 Å². The number of hydrogen-bond donors (Lipinski definition) is 2. The summed E-state index contributed by atoms with van der Waals surface area (Å²) in [7, 11) is 0. The predicted molar refractivity (Wildman–Crippen MR) is 86.2 cm³/mol. The fourth-order valence-corrected chi connectivity index (χ4v) is 3.33. The van der Waals surface area contributed by atoms with Gasteiger partial charge in [-0.25, -0.2) is 0 Å². The largest absolute Gasteiger partial charge is 0.361 e. The molecule has 3 rings (SSSR count). The summed E-state index contributed by atoms with van der Waals surface area (Å²) in [6.07, 6.45) is 8.29. The zero-order valence-electron chi connectivity index (χ0n) is 12.7. The average molecular weight is 284 g/mol. The van der Waals surface area contributed by atoms with Crippen molar-refractivity contribution in [3.63, 3.8) is 0 Å². The molecule has 1 aliphatic rings. The number of aromatic amines is 1. The van der Waals surface area contributed by atoms with Crippen LogP contribution in [0.1, 0.15) is 44.6 Å². The summed E-state index contributed by atoms with van der Waals surface area (Å²) >= 11 is 0. The molecule has 0 saturated heterocycles. The molecule has 3 nitrogen and oxygen atoms in total. The number of H-pyrrole nitrogens is 1. The van der Waals surface area contributed by atoms with Gasteiger partial charge in [0.15, 0.2) is 0 Å². The van der Waals surface area contributed by atoms with Crippen LogP contribution in [0.5, 0.6) is 0 Å². The lowest BCUT2D eigenvalue weighted by Gasteiger charge is -2.29. The molecule has 3 heteroatoms. The molecule has 2 atom stereocenters. The Morgan fingerprint density at radius 2 is 2.14 bits per heavy atom. The van der Waals surface area contributed by atoms with E-state index in [4.69, 9.17) is 0 Å². The van der Waals surface area contributed by atoms with Crippen LogP contribution in [-0.2, 0) is 11.2 Å². The molecule has 0 bridgehead atoms. The van der Waals surface area contributed by atoms with E-state index in [-0.39, 0.29) is 5.91 Å². The number of benzene rings is 1. The van der Waals surface area contributed by atoms with E-state index in [0.29, 0.717) is 18.4 Å². The minimum Gasteiger partial charge on any atom is -0.361 e. The lowest BCUT2D eigenvalue weighted by Crippen LogP contribution is -2.41. The molecule has 0 radical (unpaired) electrons. The van der Waals surface area contributed by atoms with Crippen LogP contribution in [0.15, 0.2) is 30.5 Å². The Hall–Kier alpha value is -1.77. The van der Waals surface area contributed by atoms with Gasteiger partial charge in [0.25, 0.3) is 0 Å². The van der Waals surface area contributed by atoms with Gasteiger partial charge < -0.3 is 10.3 Å². The molecule has 0 spiro atoms. The molecule has 21 heavy (non-hydrogen) atoms. The minimum atomic E-state index is 0.197. The minimum absolute atomic E-state index is 0.197. The summed E-state index contributed by atoms with van der Waals surface area (Å²) in [6, 6.07) is 8.82. The van der Waals surface area contributed by atoms with Crippen molar-refractivity contribution >= 4 is 16.8 Å². The van der Waals surface area contributed by atoms with Crippen LogP contribution < -0.4 is 5.32 Å². The van der Waals surface area contributed by atoms with Crippen molar-refractivity contribution in [1.29, 1.82) is 0 Å². The monoisotopic (exact) mass is 284 g/mol. The number of rotatable bonds is 4. The summed E-state index contributed by atoms with van der Waals surface area (Å²) in [6.45, 7) is 2.25. The molecule has 1 aromatic heterocycles. The highest BCUT2D eigenvalue weighted by Crippen LogP contribution is 2.23. The first-order valence-corrected chi connectivity index (χ1v) is 8.08. The molecule has 0 unspecified atom stereocenters. The summed E-state index contributed by atoms with van der Waals surface area (Å²) in [5.74, 6) is 0.821. The number of aromatic nitrogens is 1. The van der Waals surface area contributed by atoms with E-state index in [1.54, 1.807) is 0 Å². The van der Waals surface area contributed by atoms with E-state index in [2.05, 4.69) is 41.5 Å². The number of carbonyl (C=O) groups is 1. The molecule has 112 valence electrons. The van der Waals surface area contributed by atoms with Gasteiger partial charge in [-0.2, -0.15) is 0 Å². The van der Waals surface area contributed by atoms with E-state index < -0.39 is 0 Å². The van der Waals surface area contributed by atoms with Crippen LogP contribution >= 0.6 is 0 Å². The van der Waals surface area contributed by atoms with Crippen LogP contribution in [0.2, 0.25) is 0 Å². The molecule has 1 amide bonds. The molecule has 1 saturated carbocycles. The molecule has 1 aromatic carbocycles. The Morgan fingerprint density at radius 1 is 1.29 bits per heavy atom. The Morgan fingerprint density at radius 3 is 3.00 bits per heavy atom. The van der Waals surface area contributed by atoms with Gasteiger partial charge in [0.2, 0.25) is 5.91 Å². The number of hydrogen-bond acceptors (Lipinski definition) is 1. The van der Waals surface area contributed by atoms with Gasteiger partial charge in [-0.05, 0) is 54.3 Å².